The zero-order valence-corrected chi connectivity index (χ0v) is 24.1. The Morgan fingerprint density at radius 1 is 1.07 bits per heavy atom. The topological polar surface area (TPSA) is 129 Å². The monoisotopic (exact) mass is 586 g/mol. The van der Waals surface area contributed by atoms with Crippen LogP contribution in [0.15, 0.2) is 47.5 Å². The van der Waals surface area contributed by atoms with Gasteiger partial charge in [-0.05, 0) is 67.9 Å². The maximum Gasteiger partial charge on any atom is 0.245 e. The van der Waals surface area contributed by atoms with Gasteiger partial charge in [-0.3, -0.25) is 0 Å². The minimum atomic E-state index is -3.66. The van der Waals surface area contributed by atoms with Gasteiger partial charge in [-0.25, -0.2) is 13.4 Å². The molecule has 5 rings (SSSR count). The Morgan fingerprint density at radius 2 is 1.85 bits per heavy atom. The lowest BCUT2D eigenvalue weighted by molar-refractivity contribution is 0.280. The molecular weight excluding hydrogens is 552 g/mol. The standard InChI is InChI=1S/C28H35ClN6O4S/c1-39-26-21-12-11-20(30-14-17-36)10-8-19(21)9-13-24(26)33-28-31-18-22(29)27(34-28)32-23-6-2-3-7-25(23)40(37,38)35-15-4-5-16-35/h2-3,6-7,9,13,18,20,30,36H,4-5,8,10-12,14-17H2,1H3,(H2,31,32,33,34). The van der Waals surface area contributed by atoms with E-state index < -0.39 is 10.0 Å². The van der Waals surface area contributed by atoms with E-state index in [0.29, 0.717) is 37.3 Å². The first-order chi connectivity index (χ1) is 19.4. The number of ether oxygens (including phenoxy) is 1. The summed E-state index contributed by atoms with van der Waals surface area (Å²) in [4.78, 5) is 9.11. The van der Waals surface area contributed by atoms with Gasteiger partial charge in [0.25, 0.3) is 0 Å². The maximum absolute atomic E-state index is 13.3. The zero-order valence-electron chi connectivity index (χ0n) is 22.5. The number of hydrogen-bond acceptors (Lipinski definition) is 9. The van der Waals surface area contributed by atoms with E-state index in [1.54, 1.807) is 31.4 Å². The van der Waals surface area contributed by atoms with Crippen molar-refractivity contribution in [1.29, 1.82) is 0 Å². The number of aromatic nitrogens is 2. The molecule has 0 amide bonds. The lowest BCUT2D eigenvalue weighted by Gasteiger charge is -2.19. The van der Waals surface area contributed by atoms with E-state index >= 15 is 0 Å². The molecule has 4 N–H and O–H groups in total. The number of fused-ring (bicyclic) bond motifs is 1. The highest BCUT2D eigenvalue weighted by Gasteiger charge is 2.29. The first kappa shape index (κ1) is 28.6. The summed E-state index contributed by atoms with van der Waals surface area (Å²) in [6.07, 6.45) is 6.88. The number of halogens is 1. The third kappa shape index (κ3) is 6.18. The van der Waals surface area contributed by atoms with E-state index in [1.165, 1.54) is 16.1 Å². The van der Waals surface area contributed by atoms with Gasteiger partial charge in [0, 0.05) is 25.7 Å². The van der Waals surface area contributed by atoms with Crippen LogP contribution in [0.3, 0.4) is 0 Å². The molecule has 12 heteroatoms. The van der Waals surface area contributed by atoms with Gasteiger partial charge in [0.05, 0.1) is 31.3 Å². The molecule has 1 aliphatic carbocycles. The van der Waals surface area contributed by atoms with Crippen molar-refractivity contribution < 1.29 is 18.3 Å². The molecular formula is C28H35ClN6O4S. The SMILES string of the molecule is COc1c(Nc2ncc(Cl)c(Nc3ccccc3S(=O)(=O)N3CCCC3)n2)ccc2c1CCC(NCCO)CC2. The molecule has 1 fully saturated rings. The molecule has 1 saturated heterocycles. The lowest BCUT2D eigenvalue weighted by atomic mass is 10.0. The number of rotatable bonds is 10. The number of sulfonamides is 1. The Hall–Kier alpha value is -2.96. The van der Waals surface area contributed by atoms with E-state index in [9.17, 15) is 8.42 Å². The highest BCUT2D eigenvalue weighted by molar-refractivity contribution is 7.89. The quantitative estimate of drug-likeness (QED) is 0.258. The molecule has 1 aromatic heterocycles. The van der Waals surface area contributed by atoms with Crippen molar-refractivity contribution in [3.05, 3.63) is 58.7 Å². The first-order valence-corrected chi connectivity index (χ1v) is 15.4. The minimum Gasteiger partial charge on any atom is -0.494 e. The normalized spacial score (nSPS) is 17.7. The first-order valence-electron chi connectivity index (χ1n) is 13.6. The maximum atomic E-state index is 13.3. The van der Waals surface area contributed by atoms with Crippen molar-refractivity contribution in [2.24, 2.45) is 0 Å². The number of anilines is 4. The Bertz CT molecular complexity index is 1450. The molecule has 0 bridgehead atoms. The number of hydrogen-bond donors (Lipinski definition) is 4. The summed E-state index contributed by atoms with van der Waals surface area (Å²) < 4.78 is 34.0. The number of aliphatic hydroxyl groups is 1. The van der Waals surface area contributed by atoms with Gasteiger partial charge >= 0.3 is 0 Å². The number of methoxy groups -OCH3 is 1. The van der Waals surface area contributed by atoms with E-state index in [1.807, 2.05) is 6.07 Å². The van der Waals surface area contributed by atoms with Crippen LogP contribution in [0.1, 0.15) is 36.8 Å². The molecule has 2 heterocycles. The van der Waals surface area contributed by atoms with Crippen LogP contribution < -0.4 is 20.7 Å². The van der Waals surface area contributed by atoms with Gasteiger partial charge in [-0.1, -0.05) is 29.8 Å². The molecule has 40 heavy (non-hydrogen) atoms. The van der Waals surface area contributed by atoms with Gasteiger partial charge in [0.15, 0.2) is 5.82 Å². The summed E-state index contributed by atoms with van der Waals surface area (Å²) in [5.41, 5.74) is 3.52. The predicted octanol–water partition coefficient (Wildman–Crippen LogP) is 4.24. The van der Waals surface area contributed by atoms with Crippen molar-refractivity contribution in [2.45, 2.75) is 49.5 Å². The van der Waals surface area contributed by atoms with E-state index in [-0.39, 0.29) is 22.3 Å². The molecule has 1 aliphatic heterocycles. The lowest BCUT2D eigenvalue weighted by Crippen LogP contribution is -2.31. The van der Waals surface area contributed by atoms with Gasteiger partial charge in [-0.2, -0.15) is 9.29 Å². The Kier molecular flexibility index (Phi) is 9.07. The second-order valence-electron chi connectivity index (χ2n) is 9.98. The van der Waals surface area contributed by atoms with Crippen molar-refractivity contribution in [2.75, 3.05) is 44.0 Å². The van der Waals surface area contributed by atoms with E-state index in [0.717, 1.165) is 55.5 Å². The Balaban J connectivity index is 1.39. The third-order valence-electron chi connectivity index (χ3n) is 7.42. The molecule has 2 aliphatic rings. The summed E-state index contributed by atoms with van der Waals surface area (Å²) in [5, 5.41) is 19.2. The highest BCUT2D eigenvalue weighted by Crippen LogP contribution is 2.37. The van der Waals surface area contributed by atoms with Crippen LogP contribution in [0.5, 0.6) is 5.75 Å². The van der Waals surface area contributed by atoms with Gasteiger partial charge in [-0.15, -0.1) is 0 Å². The Morgan fingerprint density at radius 3 is 2.62 bits per heavy atom. The zero-order chi connectivity index (χ0) is 28.1. The average molecular weight is 587 g/mol. The Labute approximate surface area is 240 Å². The van der Waals surface area contributed by atoms with Crippen LogP contribution in [0, 0.1) is 0 Å². The molecule has 3 aromatic rings. The summed E-state index contributed by atoms with van der Waals surface area (Å²) in [6.45, 7) is 1.74. The molecule has 0 saturated carbocycles. The number of benzene rings is 2. The van der Waals surface area contributed by atoms with Crippen LogP contribution in [0.4, 0.5) is 23.1 Å². The van der Waals surface area contributed by atoms with Crippen molar-refractivity contribution in [3.63, 3.8) is 0 Å². The number of aryl methyl sites for hydroxylation is 1. The minimum absolute atomic E-state index is 0.124. The van der Waals surface area contributed by atoms with Gasteiger partial charge in [0.1, 0.15) is 15.7 Å². The summed E-state index contributed by atoms with van der Waals surface area (Å²) in [6, 6.07) is 11.2. The van der Waals surface area contributed by atoms with Crippen molar-refractivity contribution in [1.82, 2.24) is 19.6 Å². The van der Waals surface area contributed by atoms with Crippen LogP contribution in [-0.4, -0.2) is 67.2 Å². The van der Waals surface area contributed by atoms with Crippen LogP contribution in [-0.2, 0) is 22.9 Å². The summed E-state index contributed by atoms with van der Waals surface area (Å²) >= 11 is 6.44. The average Bonchev–Trinajstić information content (AvgIpc) is 3.44. The van der Waals surface area contributed by atoms with E-state index in [4.69, 9.17) is 21.4 Å². The second-order valence-corrected chi connectivity index (χ2v) is 12.3. The van der Waals surface area contributed by atoms with Gasteiger partial charge < -0.3 is 25.8 Å². The molecule has 214 valence electrons. The number of nitrogens with one attached hydrogen (secondary N) is 3. The molecule has 10 nitrogen and oxygen atoms in total. The van der Waals surface area contributed by atoms with Gasteiger partial charge in [0.2, 0.25) is 16.0 Å². The van der Waals surface area contributed by atoms with Crippen molar-refractivity contribution in [3.8, 4) is 5.75 Å². The smallest absolute Gasteiger partial charge is 0.245 e. The number of nitrogens with zero attached hydrogens (tertiary/aromatic N) is 3. The summed E-state index contributed by atoms with van der Waals surface area (Å²) in [7, 11) is -2.00. The molecule has 1 atom stereocenters. The third-order valence-corrected chi connectivity index (χ3v) is 9.66. The highest BCUT2D eigenvalue weighted by atomic mass is 35.5. The van der Waals surface area contributed by atoms with Crippen LogP contribution in [0.25, 0.3) is 0 Å². The fourth-order valence-corrected chi connectivity index (χ4v) is 7.20. The van der Waals surface area contributed by atoms with E-state index in [2.05, 4.69) is 32.0 Å². The molecule has 0 radical (unpaired) electrons. The number of aliphatic hydroxyl groups excluding tert-OH is 1. The van der Waals surface area contributed by atoms with Crippen LogP contribution in [0.2, 0.25) is 5.02 Å². The molecule has 0 spiro atoms. The summed E-state index contributed by atoms with van der Waals surface area (Å²) in [5.74, 6) is 1.33. The van der Waals surface area contributed by atoms with Crippen molar-refractivity contribution >= 4 is 44.8 Å². The fraction of sp³-hybridized carbons (Fsp3) is 0.429. The predicted molar refractivity (Wildman–Crippen MR) is 157 cm³/mol. The largest absolute Gasteiger partial charge is 0.494 e. The fourth-order valence-electron chi connectivity index (χ4n) is 5.40. The van der Waals surface area contributed by atoms with Crippen LogP contribution >= 0.6 is 11.6 Å². The molecule has 2 aromatic carbocycles. The number of para-hydroxylation sites is 1. The second kappa shape index (κ2) is 12.7. The molecule has 1 unspecified atom stereocenters.